The van der Waals surface area contributed by atoms with Gasteiger partial charge in [-0.3, -0.25) is 9.69 Å². The molecule has 0 bridgehead atoms. The number of benzene rings is 1. The molecule has 146 valence electrons. The van der Waals surface area contributed by atoms with E-state index in [4.69, 9.17) is 27.9 Å². The van der Waals surface area contributed by atoms with Crippen molar-refractivity contribution in [1.29, 1.82) is 0 Å². The maximum absolute atomic E-state index is 12.8. The molecule has 0 radical (unpaired) electrons. The summed E-state index contributed by atoms with van der Waals surface area (Å²) in [5.74, 6) is 0.596. The molecular weight excluding hydrogens is 415 g/mol. The van der Waals surface area contributed by atoms with Crippen LogP contribution in [0.4, 0.5) is 0 Å². The molecule has 2 aromatic rings. The summed E-state index contributed by atoms with van der Waals surface area (Å²) in [5, 5.41) is 4.00. The molecule has 2 heterocycles. The first kappa shape index (κ1) is 20.1. The minimum absolute atomic E-state index is 0.0765. The third kappa shape index (κ3) is 4.27. The van der Waals surface area contributed by atoms with Crippen LogP contribution in [0, 0.1) is 0 Å². The van der Waals surface area contributed by atoms with Gasteiger partial charge in [0.2, 0.25) is 10.0 Å². The number of rotatable bonds is 5. The summed E-state index contributed by atoms with van der Waals surface area (Å²) in [5.41, 5.74) is -0.475. The Bertz CT molecular complexity index is 971. The molecule has 1 aliphatic heterocycles. The van der Waals surface area contributed by atoms with Crippen molar-refractivity contribution in [3.8, 4) is 5.75 Å². The summed E-state index contributed by atoms with van der Waals surface area (Å²) < 4.78 is 33.2. The Balaban J connectivity index is 1.66. The second kappa shape index (κ2) is 8.15. The molecule has 0 N–H and O–H groups in total. The Hall–Kier alpha value is -1.65. The summed E-state index contributed by atoms with van der Waals surface area (Å²) in [4.78, 5) is 14.2. The van der Waals surface area contributed by atoms with Crippen molar-refractivity contribution < 1.29 is 13.2 Å². The van der Waals surface area contributed by atoms with Crippen molar-refractivity contribution in [2.45, 2.75) is 11.6 Å². The first-order valence-electron chi connectivity index (χ1n) is 8.10. The standard InChI is InChI=1S/C16H18Cl2N4O4S/c1-26-12-2-4-13(5-3-12)27(24,25)21-8-6-20(7-9-21)11-22-16(23)15(18)14(17)10-19-22/h2-5,10H,6-9,11H2,1H3. The smallest absolute Gasteiger partial charge is 0.288 e. The zero-order chi connectivity index (χ0) is 19.6. The molecule has 1 aromatic carbocycles. The van der Waals surface area contributed by atoms with E-state index >= 15 is 0 Å². The highest BCUT2D eigenvalue weighted by molar-refractivity contribution is 7.89. The average molecular weight is 433 g/mol. The molecule has 0 aliphatic carbocycles. The van der Waals surface area contributed by atoms with Gasteiger partial charge in [-0.2, -0.15) is 9.40 Å². The van der Waals surface area contributed by atoms with E-state index in [1.54, 1.807) is 12.1 Å². The molecule has 1 saturated heterocycles. The number of halogens is 2. The molecule has 11 heteroatoms. The van der Waals surface area contributed by atoms with Crippen molar-refractivity contribution in [3.63, 3.8) is 0 Å². The van der Waals surface area contributed by atoms with Gasteiger partial charge in [0, 0.05) is 26.2 Å². The van der Waals surface area contributed by atoms with Crippen LogP contribution in [0.2, 0.25) is 10.0 Å². The van der Waals surface area contributed by atoms with Crippen LogP contribution >= 0.6 is 23.2 Å². The minimum atomic E-state index is -3.58. The van der Waals surface area contributed by atoms with Gasteiger partial charge in [0.1, 0.15) is 10.8 Å². The third-order valence-corrected chi connectivity index (χ3v) is 6.97. The molecule has 0 spiro atoms. The van der Waals surface area contributed by atoms with Gasteiger partial charge in [-0.15, -0.1) is 0 Å². The lowest BCUT2D eigenvalue weighted by atomic mass is 10.3. The second-order valence-corrected chi connectivity index (χ2v) is 8.67. The van der Waals surface area contributed by atoms with E-state index in [0.717, 1.165) is 0 Å². The number of methoxy groups -OCH3 is 1. The highest BCUT2D eigenvalue weighted by atomic mass is 35.5. The van der Waals surface area contributed by atoms with Crippen molar-refractivity contribution >= 4 is 33.2 Å². The number of ether oxygens (including phenoxy) is 1. The van der Waals surface area contributed by atoms with Crippen LogP contribution in [0.15, 0.2) is 40.2 Å². The highest BCUT2D eigenvalue weighted by Gasteiger charge is 2.28. The van der Waals surface area contributed by atoms with Crippen molar-refractivity contribution in [2.75, 3.05) is 33.3 Å². The lowest BCUT2D eigenvalue weighted by Crippen LogP contribution is -2.49. The molecule has 1 fully saturated rings. The van der Waals surface area contributed by atoms with Crippen LogP contribution in [0.25, 0.3) is 0 Å². The number of piperazine rings is 1. The maximum Gasteiger partial charge on any atom is 0.288 e. The summed E-state index contributed by atoms with van der Waals surface area (Å²) in [6, 6.07) is 6.29. The van der Waals surface area contributed by atoms with E-state index in [9.17, 15) is 13.2 Å². The maximum atomic E-state index is 12.8. The van der Waals surface area contributed by atoms with Crippen molar-refractivity contribution in [3.05, 3.63) is 50.9 Å². The normalized spacial score (nSPS) is 16.4. The molecular formula is C16H18Cl2N4O4S. The van der Waals surface area contributed by atoms with Crippen LogP contribution in [0.3, 0.4) is 0 Å². The molecule has 0 amide bonds. The van der Waals surface area contributed by atoms with E-state index in [1.165, 1.54) is 34.4 Å². The van der Waals surface area contributed by atoms with E-state index < -0.39 is 15.6 Å². The third-order valence-electron chi connectivity index (χ3n) is 4.30. The Morgan fingerprint density at radius 1 is 1.11 bits per heavy atom. The predicted octanol–water partition coefficient (Wildman–Crippen LogP) is 1.52. The van der Waals surface area contributed by atoms with Crippen LogP contribution in [-0.4, -0.2) is 60.7 Å². The first-order valence-corrected chi connectivity index (χ1v) is 10.3. The van der Waals surface area contributed by atoms with E-state index in [-0.39, 0.29) is 21.6 Å². The molecule has 0 unspecified atom stereocenters. The Kier molecular flexibility index (Phi) is 6.07. The van der Waals surface area contributed by atoms with Gasteiger partial charge in [0.25, 0.3) is 5.56 Å². The summed E-state index contributed by atoms with van der Waals surface area (Å²) in [6.45, 7) is 1.76. The second-order valence-electron chi connectivity index (χ2n) is 5.95. The summed E-state index contributed by atoms with van der Waals surface area (Å²) in [7, 11) is -2.05. The first-order chi connectivity index (χ1) is 12.8. The number of sulfonamides is 1. The van der Waals surface area contributed by atoms with Gasteiger partial charge in [0.15, 0.2) is 0 Å². The monoisotopic (exact) mass is 432 g/mol. The molecule has 27 heavy (non-hydrogen) atoms. The van der Waals surface area contributed by atoms with Crippen LogP contribution < -0.4 is 10.3 Å². The Morgan fingerprint density at radius 2 is 1.74 bits per heavy atom. The Labute approximate surface area is 166 Å². The lowest BCUT2D eigenvalue weighted by Gasteiger charge is -2.33. The predicted molar refractivity (Wildman–Crippen MR) is 102 cm³/mol. The average Bonchev–Trinajstić information content (AvgIpc) is 2.69. The van der Waals surface area contributed by atoms with Crippen LogP contribution in [-0.2, 0) is 16.7 Å². The molecule has 0 atom stereocenters. The fourth-order valence-electron chi connectivity index (χ4n) is 2.74. The van der Waals surface area contributed by atoms with Crippen LogP contribution in [0.1, 0.15) is 0 Å². The zero-order valence-electron chi connectivity index (χ0n) is 14.5. The van der Waals surface area contributed by atoms with Gasteiger partial charge in [-0.25, -0.2) is 13.1 Å². The van der Waals surface area contributed by atoms with Crippen LogP contribution in [0.5, 0.6) is 5.75 Å². The highest BCUT2D eigenvalue weighted by Crippen LogP contribution is 2.21. The molecule has 0 saturated carbocycles. The van der Waals surface area contributed by atoms with Gasteiger partial charge < -0.3 is 4.74 Å². The summed E-state index contributed by atoms with van der Waals surface area (Å²) in [6.07, 6.45) is 1.32. The SMILES string of the molecule is COc1ccc(S(=O)(=O)N2CCN(Cn3ncc(Cl)c(Cl)c3=O)CC2)cc1. The zero-order valence-corrected chi connectivity index (χ0v) is 16.8. The van der Waals surface area contributed by atoms with E-state index in [2.05, 4.69) is 5.10 Å². The Morgan fingerprint density at radius 3 is 2.33 bits per heavy atom. The number of aromatic nitrogens is 2. The van der Waals surface area contributed by atoms with Crippen molar-refractivity contribution in [2.24, 2.45) is 0 Å². The lowest BCUT2D eigenvalue weighted by molar-refractivity contribution is 0.143. The largest absolute Gasteiger partial charge is 0.497 e. The fraction of sp³-hybridized carbons (Fsp3) is 0.375. The van der Waals surface area contributed by atoms with Gasteiger partial charge >= 0.3 is 0 Å². The van der Waals surface area contributed by atoms with Crippen molar-refractivity contribution in [1.82, 2.24) is 19.0 Å². The van der Waals surface area contributed by atoms with Gasteiger partial charge in [0.05, 0.1) is 29.9 Å². The molecule has 8 nitrogen and oxygen atoms in total. The quantitative estimate of drug-likeness (QED) is 0.711. The van der Waals surface area contributed by atoms with Gasteiger partial charge in [-0.1, -0.05) is 23.2 Å². The number of hydrogen-bond donors (Lipinski definition) is 0. The number of hydrogen-bond acceptors (Lipinski definition) is 6. The molecule has 1 aromatic heterocycles. The van der Waals surface area contributed by atoms with E-state index in [1.807, 2.05) is 4.90 Å². The van der Waals surface area contributed by atoms with E-state index in [0.29, 0.717) is 31.9 Å². The fourth-order valence-corrected chi connectivity index (χ4v) is 4.44. The molecule has 1 aliphatic rings. The topological polar surface area (TPSA) is 84.7 Å². The minimum Gasteiger partial charge on any atom is -0.497 e. The molecule has 3 rings (SSSR count). The number of nitrogens with zero attached hydrogens (tertiary/aromatic N) is 4. The summed E-state index contributed by atoms with van der Waals surface area (Å²) >= 11 is 11.6. The van der Waals surface area contributed by atoms with Gasteiger partial charge in [-0.05, 0) is 24.3 Å².